The van der Waals surface area contributed by atoms with Gasteiger partial charge in [-0.1, -0.05) is 33.1 Å². The van der Waals surface area contributed by atoms with E-state index in [2.05, 4.69) is 10.6 Å². The van der Waals surface area contributed by atoms with E-state index in [1.165, 1.54) is 32.1 Å². The molecule has 0 aromatic carbocycles. The minimum Gasteiger partial charge on any atom is -0.444 e. The summed E-state index contributed by atoms with van der Waals surface area (Å²) >= 11 is 0. The van der Waals surface area contributed by atoms with Gasteiger partial charge in [0.05, 0.1) is 0 Å². The fourth-order valence-electron chi connectivity index (χ4n) is 2.72. The summed E-state index contributed by atoms with van der Waals surface area (Å²) in [6, 6.07) is -0.557. The molecule has 2 N–H and O–H groups in total. The molecule has 0 aromatic heterocycles. The van der Waals surface area contributed by atoms with E-state index < -0.39 is 17.7 Å². The van der Waals surface area contributed by atoms with Gasteiger partial charge in [0.2, 0.25) is 5.91 Å². The first-order valence-electron chi connectivity index (χ1n) is 8.46. The van der Waals surface area contributed by atoms with Crippen LogP contribution in [0.4, 0.5) is 4.79 Å². The van der Waals surface area contributed by atoms with Crippen LogP contribution >= 0.6 is 0 Å². The first kappa shape index (κ1) is 18.8. The number of rotatable bonds is 5. The lowest BCUT2D eigenvalue weighted by molar-refractivity contribution is -0.124. The van der Waals surface area contributed by atoms with E-state index in [4.69, 9.17) is 4.74 Å². The quantitative estimate of drug-likeness (QED) is 0.819. The molecule has 5 heteroatoms. The Balaban J connectivity index is 2.47. The van der Waals surface area contributed by atoms with Crippen molar-refractivity contribution in [3.8, 4) is 0 Å². The summed E-state index contributed by atoms with van der Waals surface area (Å²) in [6.45, 7) is 9.96. The summed E-state index contributed by atoms with van der Waals surface area (Å²) in [7, 11) is 0. The van der Waals surface area contributed by atoms with Crippen molar-refractivity contribution in [3.63, 3.8) is 0 Å². The Morgan fingerprint density at radius 2 is 1.73 bits per heavy atom. The molecule has 1 saturated carbocycles. The van der Waals surface area contributed by atoms with E-state index in [9.17, 15) is 9.59 Å². The van der Waals surface area contributed by atoms with Crippen molar-refractivity contribution in [2.24, 2.45) is 11.8 Å². The molecule has 0 aliphatic heterocycles. The van der Waals surface area contributed by atoms with Crippen LogP contribution in [0.25, 0.3) is 0 Å². The Morgan fingerprint density at radius 3 is 2.23 bits per heavy atom. The van der Waals surface area contributed by atoms with Gasteiger partial charge in [-0.25, -0.2) is 4.79 Å². The number of hydrogen-bond donors (Lipinski definition) is 2. The number of carbonyl (C=O) groups is 2. The van der Waals surface area contributed by atoms with Gasteiger partial charge in [0.1, 0.15) is 11.6 Å². The van der Waals surface area contributed by atoms with E-state index in [1.54, 1.807) is 20.8 Å². The maximum Gasteiger partial charge on any atom is 0.408 e. The maximum absolute atomic E-state index is 12.3. The number of carbonyl (C=O) groups excluding carboxylic acids is 2. The zero-order valence-electron chi connectivity index (χ0n) is 14.7. The standard InChI is InChI=1S/C17H32N2O3/c1-12(2)14(19-16(21)22-17(3,4)5)15(20)18-11-13-9-7-6-8-10-13/h12-14H,6-11H2,1-5H3,(H,18,20)(H,19,21)/t14-/m1/s1. The van der Waals surface area contributed by atoms with Crippen LogP contribution < -0.4 is 10.6 Å². The van der Waals surface area contributed by atoms with Crippen molar-refractivity contribution in [2.75, 3.05) is 6.54 Å². The van der Waals surface area contributed by atoms with Crippen molar-refractivity contribution < 1.29 is 14.3 Å². The van der Waals surface area contributed by atoms with Gasteiger partial charge < -0.3 is 15.4 Å². The molecule has 0 aromatic rings. The molecule has 5 nitrogen and oxygen atoms in total. The molecule has 0 spiro atoms. The number of amides is 2. The Bertz CT molecular complexity index is 369. The average molecular weight is 312 g/mol. The predicted molar refractivity (Wildman–Crippen MR) is 87.6 cm³/mol. The van der Waals surface area contributed by atoms with E-state index in [-0.39, 0.29) is 11.8 Å². The second-order valence-corrected chi connectivity index (χ2v) is 7.62. The lowest BCUT2D eigenvalue weighted by Crippen LogP contribution is -2.51. The first-order valence-corrected chi connectivity index (χ1v) is 8.46. The lowest BCUT2D eigenvalue weighted by atomic mass is 9.89. The Hall–Kier alpha value is -1.26. The van der Waals surface area contributed by atoms with Crippen LogP contribution in [0.2, 0.25) is 0 Å². The zero-order chi connectivity index (χ0) is 16.8. The topological polar surface area (TPSA) is 67.4 Å². The highest BCUT2D eigenvalue weighted by Gasteiger charge is 2.27. The predicted octanol–water partition coefficient (Wildman–Crippen LogP) is 3.23. The third-order valence-corrected chi connectivity index (χ3v) is 3.91. The van der Waals surface area contributed by atoms with Crippen molar-refractivity contribution in [2.45, 2.75) is 78.4 Å². The zero-order valence-corrected chi connectivity index (χ0v) is 14.7. The number of hydrogen-bond acceptors (Lipinski definition) is 3. The minimum absolute atomic E-state index is 0.0128. The summed E-state index contributed by atoms with van der Waals surface area (Å²) in [5, 5.41) is 5.68. The molecule has 128 valence electrons. The normalized spacial score (nSPS) is 17.9. The fourth-order valence-corrected chi connectivity index (χ4v) is 2.72. The third-order valence-electron chi connectivity index (χ3n) is 3.91. The highest BCUT2D eigenvalue weighted by atomic mass is 16.6. The Morgan fingerprint density at radius 1 is 1.14 bits per heavy atom. The van der Waals surface area contributed by atoms with Crippen LogP contribution in [0, 0.1) is 11.8 Å². The lowest BCUT2D eigenvalue weighted by Gasteiger charge is -2.27. The van der Waals surface area contributed by atoms with Gasteiger partial charge in [0, 0.05) is 6.54 Å². The molecule has 1 atom stereocenters. The van der Waals surface area contributed by atoms with Crippen LogP contribution in [0.5, 0.6) is 0 Å². The molecule has 1 rings (SSSR count). The molecular formula is C17H32N2O3. The number of alkyl carbamates (subject to hydrolysis) is 1. The molecule has 0 unspecified atom stereocenters. The molecule has 0 saturated heterocycles. The molecule has 1 aliphatic rings. The van der Waals surface area contributed by atoms with Gasteiger partial charge in [0.25, 0.3) is 0 Å². The van der Waals surface area contributed by atoms with Crippen LogP contribution in [-0.4, -0.2) is 30.2 Å². The van der Waals surface area contributed by atoms with Gasteiger partial charge in [-0.2, -0.15) is 0 Å². The molecule has 1 fully saturated rings. The van der Waals surface area contributed by atoms with E-state index >= 15 is 0 Å². The van der Waals surface area contributed by atoms with Gasteiger partial charge >= 0.3 is 6.09 Å². The van der Waals surface area contributed by atoms with Crippen molar-refractivity contribution in [1.29, 1.82) is 0 Å². The minimum atomic E-state index is -0.565. The third kappa shape index (κ3) is 7.14. The summed E-state index contributed by atoms with van der Waals surface area (Å²) in [6.07, 6.45) is 5.64. The van der Waals surface area contributed by atoms with Crippen LogP contribution in [-0.2, 0) is 9.53 Å². The van der Waals surface area contributed by atoms with Crippen LogP contribution in [0.1, 0.15) is 66.7 Å². The highest BCUT2D eigenvalue weighted by Crippen LogP contribution is 2.22. The average Bonchev–Trinajstić information content (AvgIpc) is 2.41. The number of nitrogens with one attached hydrogen (secondary N) is 2. The second-order valence-electron chi connectivity index (χ2n) is 7.62. The monoisotopic (exact) mass is 312 g/mol. The fraction of sp³-hybridized carbons (Fsp3) is 0.882. The summed E-state index contributed by atoms with van der Waals surface area (Å²) in [5.41, 5.74) is -0.565. The molecular weight excluding hydrogens is 280 g/mol. The molecule has 22 heavy (non-hydrogen) atoms. The molecule has 0 heterocycles. The van der Waals surface area contributed by atoms with Gasteiger partial charge in [0.15, 0.2) is 0 Å². The summed E-state index contributed by atoms with van der Waals surface area (Å²) < 4.78 is 5.23. The first-order chi connectivity index (χ1) is 10.2. The number of ether oxygens (including phenoxy) is 1. The molecule has 0 bridgehead atoms. The van der Waals surface area contributed by atoms with Crippen LogP contribution in [0.15, 0.2) is 0 Å². The Labute approximate surface area is 134 Å². The summed E-state index contributed by atoms with van der Waals surface area (Å²) in [4.78, 5) is 24.2. The van der Waals surface area contributed by atoms with Crippen molar-refractivity contribution in [1.82, 2.24) is 10.6 Å². The smallest absolute Gasteiger partial charge is 0.408 e. The molecule has 1 aliphatic carbocycles. The maximum atomic E-state index is 12.3. The molecule has 0 radical (unpaired) electrons. The molecule has 2 amide bonds. The van der Waals surface area contributed by atoms with Crippen molar-refractivity contribution in [3.05, 3.63) is 0 Å². The van der Waals surface area contributed by atoms with Crippen molar-refractivity contribution >= 4 is 12.0 Å². The SMILES string of the molecule is CC(C)[C@@H](NC(=O)OC(C)(C)C)C(=O)NCC1CCCCC1. The summed E-state index contributed by atoms with van der Waals surface area (Å²) in [5.74, 6) is 0.470. The van der Waals surface area contributed by atoms with Gasteiger partial charge in [-0.3, -0.25) is 4.79 Å². The van der Waals surface area contributed by atoms with Gasteiger partial charge in [-0.05, 0) is 45.4 Å². The Kier molecular flexibility index (Phi) is 7.17. The highest BCUT2D eigenvalue weighted by molar-refractivity contribution is 5.85. The second kappa shape index (κ2) is 8.39. The van der Waals surface area contributed by atoms with Gasteiger partial charge in [-0.15, -0.1) is 0 Å². The van der Waals surface area contributed by atoms with E-state index in [0.29, 0.717) is 12.5 Å². The van der Waals surface area contributed by atoms with Crippen LogP contribution in [0.3, 0.4) is 0 Å². The van der Waals surface area contributed by atoms with E-state index in [0.717, 1.165) is 0 Å². The van der Waals surface area contributed by atoms with E-state index in [1.807, 2.05) is 13.8 Å². The largest absolute Gasteiger partial charge is 0.444 e.